The average molecular weight is 231 g/mol. The van der Waals surface area contributed by atoms with Gasteiger partial charge in [0.05, 0.1) is 0 Å². The molecule has 0 saturated carbocycles. The van der Waals surface area contributed by atoms with Crippen molar-refractivity contribution in [1.29, 1.82) is 0 Å². The molecule has 85 valence electrons. The molecule has 0 bridgehead atoms. The monoisotopic (exact) mass is 231 g/mol. The van der Waals surface area contributed by atoms with Gasteiger partial charge in [0.15, 0.2) is 0 Å². The van der Waals surface area contributed by atoms with Crippen molar-refractivity contribution >= 4 is 16.6 Å². The summed E-state index contributed by atoms with van der Waals surface area (Å²) < 4.78 is 5.33. The van der Waals surface area contributed by atoms with Crippen molar-refractivity contribution in [2.24, 2.45) is 0 Å². The summed E-state index contributed by atoms with van der Waals surface area (Å²) in [5.74, 6) is 0.920. The third kappa shape index (κ3) is 2.56. The predicted molar refractivity (Wildman–Crippen MR) is 71.0 cm³/mol. The summed E-state index contributed by atoms with van der Waals surface area (Å²) in [6, 6.07) is 2.12. The maximum atomic E-state index is 5.33. The lowest BCUT2D eigenvalue weighted by Crippen LogP contribution is -2.01. The van der Waals surface area contributed by atoms with E-state index in [1.807, 2.05) is 6.08 Å². The van der Waals surface area contributed by atoms with Gasteiger partial charge in [0.1, 0.15) is 5.75 Å². The van der Waals surface area contributed by atoms with E-state index in [-0.39, 0.29) is 0 Å². The minimum atomic E-state index is 0.920. The van der Waals surface area contributed by atoms with Gasteiger partial charge in [-0.1, -0.05) is 26.0 Å². The second-order valence-electron chi connectivity index (χ2n) is 4.13. The van der Waals surface area contributed by atoms with Crippen molar-refractivity contribution in [1.82, 2.24) is 0 Å². The fraction of sp³-hybridized carbons (Fsp3) is 0.429. The molecule has 0 heterocycles. The Labute approximate surface area is 102 Å². The summed E-state index contributed by atoms with van der Waals surface area (Å²) in [4.78, 5) is 0. The molecule has 16 heavy (non-hydrogen) atoms. The van der Waals surface area contributed by atoms with Crippen molar-refractivity contribution in [3.8, 4) is 5.75 Å². The maximum Gasteiger partial charge on any atom is 0.341 e. The highest BCUT2D eigenvalue weighted by Crippen LogP contribution is 2.31. The Kier molecular flexibility index (Phi) is 4.81. The first kappa shape index (κ1) is 13.0. The summed E-state index contributed by atoms with van der Waals surface area (Å²) in [5.41, 5.74) is 4.98. The molecule has 0 unspecified atom stereocenters. The van der Waals surface area contributed by atoms with E-state index in [2.05, 4.69) is 43.9 Å². The van der Waals surface area contributed by atoms with Crippen molar-refractivity contribution in [3.63, 3.8) is 0 Å². The van der Waals surface area contributed by atoms with Crippen LogP contribution in [0.5, 0.6) is 5.75 Å². The third-order valence-electron chi connectivity index (χ3n) is 3.05. The standard InChI is InChI=1S/C14H19OSi/c1-5-7-8-13-11(4)10(3)9-12(6-2)14(13)15-16/h6,9H,2,5,7-8H2,1,3-4H3. The van der Waals surface area contributed by atoms with Crippen LogP contribution < -0.4 is 4.43 Å². The SMILES string of the molecule is C=Cc1cc(C)c(C)c(CCCC)c1O[Si]. The summed E-state index contributed by atoms with van der Waals surface area (Å²) >= 11 is 0. The molecule has 0 atom stereocenters. The first-order valence-electron chi connectivity index (χ1n) is 5.74. The largest absolute Gasteiger partial charge is 0.540 e. The van der Waals surface area contributed by atoms with Gasteiger partial charge in [-0.05, 0) is 49.4 Å². The van der Waals surface area contributed by atoms with E-state index in [4.69, 9.17) is 4.43 Å². The highest BCUT2D eigenvalue weighted by Gasteiger charge is 2.12. The molecule has 0 fully saturated rings. The first-order chi connectivity index (χ1) is 7.65. The Balaban J connectivity index is 3.28. The lowest BCUT2D eigenvalue weighted by atomic mass is 9.94. The molecular weight excluding hydrogens is 212 g/mol. The zero-order valence-electron chi connectivity index (χ0n) is 10.4. The minimum Gasteiger partial charge on any atom is -0.540 e. The zero-order chi connectivity index (χ0) is 12.1. The summed E-state index contributed by atoms with van der Waals surface area (Å²) in [6.07, 6.45) is 5.28. The highest BCUT2D eigenvalue weighted by atomic mass is 28.2. The zero-order valence-corrected chi connectivity index (χ0v) is 11.4. The first-order valence-corrected chi connectivity index (χ1v) is 6.15. The molecule has 1 rings (SSSR count). The molecule has 1 aromatic rings. The molecule has 1 aromatic carbocycles. The normalized spacial score (nSPS) is 10.2. The Morgan fingerprint density at radius 2 is 2.12 bits per heavy atom. The molecule has 0 aliphatic carbocycles. The van der Waals surface area contributed by atoms with Crippen LogP contribution in [-0.2, 0) is 6.42 Å². The van der Waals surface area contributed by atoms with E-state index in [1.165, 1.54) is 29.5 Å². The maximum absolute atomic E-state index is 5.33. The summed E-state index contributed by atoms with van der Waals surface area (Å²) in [7, 11) is 3.15. The Bertz CT molecular complexity index is 383. The molecule has 0 spiro atoms. The van der Waals surface area contributed by atoms with Crippen LogP contribution in [0, 0.1) is 13.8 Å². The van der Waals surface area contributed by atoms with E-state index in [9.17, 15) is 0 Å². The van der Waals surface area contributed by atoms with Crippen molar-refractivity contribution in [2.75, 3.05) is 0 Å². The molecule has 1 nitrogen and oxygen atoms in total. The molecule has 0 saturated heterocycles. The molecule has 0 amide bonds. The smallest absolute Gasteiger partial charge is 0.341 e. The predicted octanol–water partition coefficient (Wildman–Crippen LogP) is 3.75. The van der Waals surface area contributed by atoms with Crippen LogP contribution in [0.1, 0.15) is 42.0 Å². The fourth-order valence-electron chi connectivity index (χ4n) is 1.92. The van der Waals surface area contributed by atoms with Crippen molar-refractivity contribution in [3.05, 3.63) is 34.9 Å². The number of benzene rings is 1. The molecule has 0 aliphatic rings. The number of hydrogen-bond donors (Lipinski definition) is 0. The third-order valence-corrected chi connectivity index (χ3v) is 3.26. The van der Waals surface area contributed by atoms with E-state index in [1.54, 1.807) is 0 Å². The van der Waals surface area contributed by atoms with Gasteiger partial charge in [-0.2, -0.15) is 0 Å². The van der Waals surface area contributed by atoms with Gasteiger partial charge in [0.2, 0.25) is 0 Å². The molecule has 3 radical (unpaired) electrons. The summed E-state index contributed by atoms with van der Waals surface area (Å²) in [6.45, 7) is 10.3. The van der Waals surface area contributed by atoms with E-state index < -0.39 is 0 Å². The quantitative estimate of drug-likeness (QED) is 0.701. The number of rotatable bonds is 5. The lowest BCUT2D eigenvalue weighted by Gasteiger charge is -2.16. The molecule has 2 heteroatoms. The van der Waals surface area contributed by atoms with Crippen molar-refractivity contribution < 1.29 is 4.43 Å². The van der Waals surface area contributed by atoms with Gasteiger partial charge in [0.25, 0.3) is 0 Å². The van der Waals surface area contributed by atoms with Gasteiger partial charge in [-0.3, -0.25) is 0 Å². The number of unbranched alkanes of at least 4 members (excludes halogenated alkanes) is 1. The highest BCUT2D eigenvalue weighted by molar-refractivity contribution is 6.00. The van der Waals surface area contributed by atoms with Crippen LogP contribution in [0.4, 0.5) is 0 Å². The van der Waals surface area contributed by atoms with Crippen molar-refractivity contribution in [2.45, 2.75) is 40.0 Å². The van der Waals surface area contributed by atoms with E-state index in [0.29, 0.717) is 0 Å². The second kappa shape index (κ2) is 5.90. The van der Waals surface area contributed by atoms with Crippen LogP contribution in [0.25, 0.3) is 6.08 Å². The Morgan fingerprint density at radius 3 is 2.62 bits per heavy atom. The molecule has 0 aliphatic heterocycles. The van der Waals surface area contributed by atoms with Crippen LogP contribution in [0.3, 0.4) is 0 Å². The van der Waals surface area contributed by atoms with E-state index >= 15 is 0 Å². The molecular formula is C14H19OSi. The number of hydrogen-bond acceptors (Lipinski definition) is 1. The fourth-order valence-corrected chi connectivity index (χ4v) is 2.16. The van der Waals surface area contributed by atoms with Crippen LogP contribution in [0.15, 0.2) is 12.6 Å². The Morgan fingerprint density at radius 1 is 1.44 bits per heavy atom. The number of aryl methyl sites for hydroxylation is 1. The topological polar surface area (TPSA) is 9.23 Å². The van der Waals surface area contributed by atoms with Gasteiger partial charge in [-0.15, -0.1) is 0 Å². The van der Waals surface area contributed by atoms with Crippen LogP contribution >= 0.6 is 0 Å². The van der Waals surface area contributed by atoms with Crippen LogP contribution in [0.2, 0.25) is 0 Å². The summed E-state index contributed by atoms with van der Waals surface area (Å²) in [5, 5.41) is 0. The lowest BCUT2D eigenvalue weighted by molar-refractivity contribution is 0.597. The molecule has 0 N–H and O–H groups in total. The molecule has 0 aromatic heterocycles. The van der Waals surface area contributed by atoms with Gasteiger partial charge < -0.3 is 4.43 Å². The van der Waals surface area contributed by atoms with Gasteiger partial charge >= 0.3 is 10.5 Å². The van der Waals surface area contributed by atoms with Gasteiger partial charge in [0, 0.05) is 5.56 Å². The second-order valence-corrected chi connectivity index (χ2v) is 4.33. The Hall–Kier alpha value is -1.02. The average Bonchev–Trinajstić information content (AvgIpc) is 2.30. The van der Waals surface area contributed by atoms with E-state index in [0.717, 1.165) is 17.7 Å². The minimum absolute atomic E-state index is 0.920. The van der Waals surface area contributed by atoms with Crippen LogP contribution in [-0.4, -0.2) is 10.5 Å². The van der Waals surface area contributed by atoms with Gasteiger partial charge in [-0.25, -0.2) is 0 Å².